The van der Waals surface area contributed by atoms with E-state index in [1.54, 1.807) is 12.1 Å². The number of halogens is 1. The summed E-state index contributed by atoms with van der Waals surface area (Å²) >= 11 is 6.01. The summed E-state index contributed by atoms with van der Waals surface area (Å²) in [6.45, 7) is 3.66. The van der Waals surface area contributed by atoms with Gasteiger partial charge in [0, 0.05) is 17.1 Å². The van der Waals surface area contributed by atoms with Crippen molar-refractivity contribution < 1.29 is 9.59 Å². The van der Waals surface area contributed by atoms with Gasteiger partial charge in [-0.3, -0.25) is 9.59 Å². The molecule has 166 valence electrons. The van der Waals surface area contributed by atoms with Crippen molar-refractivity contribution in [1.29, 1.82) is 0 Å². The van der Waals surface area contributed by atoms with Crippen molar-refractivity contribution in [3.05, 3.63) is 70.7 Å². The minimum absolute atomic E-state index is 0.000582. The van der Waals surface area contributed by atoms with Crippen LogP contribution in [0.4, 0.5) is 0 Å². The standard InChI is InChI=1S/C25H32ClN3O2/c1-2-3-9-23(28-24(30)19-7-5-4-6-8-19)29-25(31)22-17-27-15-14-20(22)16-18-10-12-21(26)13-11-18/h4-8,10-13,20,22-23,27H,2-3,9,14-17H2,1H3,(H,28,30)(H,29,31). The highest BCUT2D eigenvalue weighted by Crippen LogP contribution is 2.25. The molecule has 1 fully saturated rings. The van der Waals surface area contributed by atoms with Gasteiger partial charge in [0.2, 0.25) is 5.91 Å². The molecule has 0 aromatic heterocycles. The summed E-state index contributed by atoms with van der Waals surface area (Å²) in [4.78, 5) is 25.8. The van der Waals surface area contributed by atoms with Gasteiger partial charge in [-0.15, -0.1) is 0 Å². The molecule has 1 heterocycles. The van der Waals surface area contributed by atoms with E-state index in [-0.39, 0.29) is 29.8 Å². The van der Waals surface area contributed by atoms with E-state index in [2.05, 4.69) is 22.9 Å². The van der Waals surface area contributed by atoms with E-state index in [9.17, 15) is 9.59 Å². The molecule has 6 heteroatoms. The molecular weight excluding hydrogens is 410 g/mol. The third-order valence-corrected chi connectivity index (χ3v) is 6.13. The molecule has 0 bridgehead atoms. The van der Waals surface area contributed by atoms with Crippen molar-refractivity contribution in [2.24, 2.45) is 11.8 Å². The van der Waals surface area contributed by atoms with E-state index in [0.29, 0.717) is 18.5 Å². The van der Waals surface area contributed by atoms with E-state index in [0.717, 1.165) is 37.3 Å². The quantitative estimate of drug-likeness (QED) is 0.511. The number of carbonyl (C=O) groups excluding carboxylic acids is 2. The van der Waals surface area contributed by atoms with Crippen LogP contribution in [0.3, 0.4) is 0 Å². The first-order valence-electron chi connectivity index (χ1n) is 11.2. The molecule has 5 nitrogen and oxygen atoms in total. The molecule has 2 aromatic carbocycles. The summed E-state index contributed by atoms with van der Waals surface area (Å²) in [5.41, 5.74) is 1.78. The average Bonchev–Trinajstić information content (AvgIpc) is 2.79. The molecule has 0 aliphatic carbocycles. The van der Waals surface area contributed by atoms with E-state index in [1.807, 2.05) is 42.5 Å². The van der Waals surface area contributed by atoms with Crippen molar-refractivity contribution in [3.8, 4) is 0 Å². The Morgan fingerprint density at radius 1 is 1.10 bits per heavy atom. The Labute approximate surface area is 190 Å². The fourth-order valence-corrected chi connectivity index (χ4v) is 4.21. The Kier molecular flexibility index (Phi) is 8.92. The van der Waals surface area contributed by atoms with Gasteiger partial charge in [-0.05, 0) is 68.0 Å². The molecule has 2 amide bonds. The van der Waals surface area contributed by atoms with Gasteiger partial charge < -0.3 is 16.0 Å². The predicted octanol–water partition coefficient (Wildman–Crippen LogP) is 4.17. The Morgan fingerprint density at radius 2 is 1.84 bits per heavy atom. The fourth-order valence-electron chi connectivity index (χ4n) is 4.09. The third-order valence-electron chi connectivity index (χ3n) is 5.88. The van der Waals surface area contributed by atoms with Gasteiger partial charge in [-0.1, -0.05) is 55.3 Å². The second-order valence-electron chi connectivity index (χ2n) is 8.23. The SMILES string of the molecule is CCCCC(NC(=O)c1ccccc1)NC(=O)C1CNCCC1Cc1ccc(Cl)cc1. The minimum Gasteiger partial charge on any atom is -0.336 e. The monoisotopic (exact) mass is 441 g/mol. The lowest BCUT2D eigenvalue weighted by Crippen LogP contribution is -2.53. The number of benzene rings is 2. The van der Waals surface area contributed by atoms with Gasteiger partial charge in [0.05, 0.1) is 5.92 Å². The maximum absolute atomic E-state index is 13.2. The average molecular weight is 442 g/mol. The summed E-state index contributed by atoms with van der Waals surface area (Å²) in [5, 5.41) is 10.2. The third kappa shape index (κ3) is 7.08. The van der Waals surface area contributed by atoms with Crippen LogP contribution in [0.15, 0.2) is 54.6 Å². The van der Waals surface area contributed by atoms with Crippen LogP contribution in [0, 0.1) is 11.8 Å². The van der Waals surface area contributed by atoms with E-state index < -0.39 is 0 Å². The van der Waals surface area contributed by atoms with Crippen molar-refractivity contribution in [2.45, 2.75) is 45.2 Å². The second kappa shape index (κ2) is 11.9. The number of piperidine rings is 1. The summed E-state index contributed by atoms with van der Waals surface area (Å²) in [7, 11) is 0. The van der Waals surface area contributed by atoms with Crippen LogP contribution in [0.5, 0.6) is 0 Å². The second-order valence-corrected chi connectivity index (χ2v) is 8.67. The Balaban J connectivity index is 1.65. The number of unbranched alkanes of at least 4 members (excludes halogenated alkanes) is 1. The van der Waals surface area contributed by atoms with E-state index in [1.165, 1.54) is 5.56 Å². The van der Waals surface area contributed by atoms with Gasteiger partial charge >= 0.3 is 0 Å². The first-order chi connectivity index (χ1) is 15.1. The lowest BCUT2D eigenvalue weighted by molar-refractivity contribution is -0.128. The van der Waals surface area contributed by atoms with E-state index >= 15 is 0 Å². The van der Waals surface area contributed by atoms with Crippen molar-refractivity contribution in [1.82, 2.24) is 16.0 Å². The number of hydrogen-bond donors (Lipinski definition) is 3. The van der Waals surface area contributed by atoms with Crippen LogP contribution in [0.25, 0.3) is 0 Å². The number of amides is 2. The van der Waals surface area contributed by atoms with Crippen molar-refractivity contribution >= 4 is 23.4 Å². The molecule has 1 aliphatic heterocycles. The van der Waals surface area contributed by atoms with E-state index in [4.69, 9.17) is 11.6 Å². The molecule has 0 spiro atoms. The topological polar surface area (TPSA) is 70.2 Å². The zero-order valence-corrected chi connectivity index (χ0v) is 18.8. The fraction of sp³-hybridized carbons (Fsp3) is 0.440. The van der Waals surface area contributed by atoms with Gasteiger partial charge in [0.25, 0.3) is 5.91 Å². The maximum Gasteiger partial charge on any atom is 0.252 e. The summed E-state index contributed by atoms with van der Waals surface area (Å²) in [5.74, 6) is -0.0524. The highest BCUT2D eigenvalue weighted by atomic mass is 35.5. The first-order valence-corrected chi connectivity index (χ1v) is 11.6. The molecule has 1 aliphatic rings. The molecule has 0 radical (unpaired) electrons. The smallest absolute Gasteiger partial charge is 0.252 e. The number of hydrogen-bond acceptors (Lipinski definition) is 3. The Morgan fingerprint density at radius 3 is 2.55 bits per heavy atom. The molecule has 3 atom stereocenters. The predicted molar refractivity (Wildman–Crippen MR) is 125 cm³/mol. The summed E-state index contributed by atoms with van der Waals surface area (Å²) in [6, 6.07) is 17.0. The highest BCUT2D eigenvalue weighted by molar-refractivity contribution is 6.30. The van der Waals surface area contributed by atoms with Gasteiger partial charge in [0.1, 0.15) is 6.17 Å². The van der Waals surface area contributed by atoms with Crippen LogP contribution >= 0.6 is 11.6 Å². The molecule has 0 saturated carbocycles. The molecule has 31 heavy (non-hydrogen) atoms. The molecule has 3 unspecified atom stereocenters. The summed E-state index contributed by atoms with van der Waals surface area (Å²) < 4.78 is 0. The van der Waals surface area contributed by atoms with Crippen LogP contribution < -0.4 is 16.0 Å². The minimum atomic E-state index is -0.377. The summed E-state index contributed by atoms with van der Waals surface area (Å²) in [6.07, 6.45) is 4.04. The lowest BCUT2D eigenvalue weighted by atomic mass is 9.81. The number of nitrogens with one attached hydrogen (secondary N) is 3. The normalized spacial score (nSPS) is 19.4. The molecular formula is C25H32ClN3O2. The van der Waals surface area contributed by atoms with Crippen molar-refractivity contribution in [3.63, 3.8) is 0 Å². The molecule has 2 aromatic rings. The van der Waals surface area contributed by atoms with Crippen molar-refractivity contribution in [2.75, 3.05) is 13.1 Å². The van der Waals surface area contributed by atoms with Gasteiger partial charge in [-0.25, -0.2) is 0 Å². The maximum atomic E-state index is 13.2. The highest BCUT2D eigenvalue weighted by Gasteiger charge is 2.32. The molecule has 3 rings (SSSR count). The molecule has 3 N–H and O–H groups in total. The largest absolute Gasteiger partial charge is 0.336 e. The van der Waals surface area contributed by atoms with Crippen LogP contribution in [0.2, 0.25) is 5.02 Å². The Bertz CT molecular complexity index is 842. The van der Waals surface area contributed by atoms with Gasteiger partial charge in [-0.2, -0.15) is 0 Å². The number of carbonyl (C=O) groups is 2. The molecule has 1 saturated heterocycles. The zero-order chi connectivity index (χ0) is 22.1. The number of rotatable bonds is 9. The Hall–Kier alpha value is -2.37. The van der Waals surface area contributed by atoms with Gasteiger partial charge in [0.15, 0.2) is 0 Å². The van der Waals surface area contributed by atoms with Crippen LogP contribution in [-0.2, 0) is 11.2 Å². The van der Waals surface area contributed by atoms with Crippen LogP contribution in [0.1, 0.15) is 48.5 Å². The zero-order valence-electron chi connectivity index (χ0n) is 18.1. The first kappa shape index (κ1) is 23.3. The van der Waals surface area contributed by atoms with Crippen LogP contribution in [-0.4, -0.2) is 31.1 Å². The lowest BCUT2D eigenvalue weighted by Gasteiger charge is -2.33.